The molecule has 1 N–H and O–H groups in total. The van der Waals surface area contributed by atoms with Crippen molar-refractivity contribution in [3.8, 4) is 0 Å². The van der Waals surface area contributed by atoms with Crippen LogP contribution in [0.15, 0.2) is 0 Å². The van der Waals surface area contributed by atoms with Crippen molar-refractivity contribution in [1.29, 1.82) is 0 Å². The second kappa shape index (κ2) is 5.57. The molecule has 6 nitrogen and oxygen atoms in total. The largest absolute Gasteiger partial charge is 0.461 e. The lowest BCUT2D eigenvalue weighted by atomic mass is 10.1. The van der Waals surface area contributed by atoms with Crippen LogP contribution >= 0.6 is 0 Å². The lowest BCUT2D eigenvalue weighted by molar-refractivity contribution is 0.0428. The first kappa shape index (κ1) is 14.1. The molecule has 0 saturated heterocycles. The van der Waals surface area contributed by atoms with E-state index in [2.05, 4.69) is 0 Å². The van der Waals surface area contributed by atoms with Crippen LogP contribution in [0.3, 0.4) is 0 Å². The lowest BCUT2D eigenvalue weighted by Crippen LogP contribution is -2.16. The van der Waals surface area contributed by atoms with Crippen LogP contribution < -0.4 is 0 Å². The van der Waals surface area contributed by atoms with Gasteiger partial charge in [0.1, 0.15) is 0 Å². The molecule has 1 heterocycles. The normalized spacial score (nSPS) is 10.2. The Morgan fingerprint density at radius 2 is 1.33 bits per heavy atom. The Labute approximate surface area is 105 Å². The van der Waals surface area contributed by atoms with Crippen LogP contribution in [0.1, 0.15) is 46.0 Å². The summed E-state index contributed by atoms with van der Waals surface area (Å²) in [6.07, 6.45) is 0. The van der Waals surface area contributed by atoms with E-state index < -0.39 is 11.9 Å². The van der Waals surface area contributed by atoms with Gasteiger partial charge in [-0.25, -0.2) is 9.59 Å². The molecule has 0 radical (unpaired) electrons. The van der Waals surface area contributed by atoms with Gasteiger partial charge in [-0.3, -0.25) is 0 Å². The smallest absolute Gasteiger partial charge is 0.358 e. The highest BCUT2D eigenvalue weighted by Gasteiger charge is 2.28. The van der Waals surface area contributed by atoms with E-state index >= 15 is 0 Å². The zero-order valence-electron chi connectivity index (χ0n) is 10.9. The number of hydrogen-bond donors (Lipinski definition) is 1. The highest BCUT2D eigenvalue weighted by molar-refractivity contribution is 5.96. The molecule has 1 rings (SSSR count). The summed E-state index contributed by atoms with van der Waals surface area (Å²) >= 11 is 0. The van der Waals surface area contributed by atoms with Crippen LogP contribution in [0.2, 0.25) is 0 Å². The number of carbonyl (C=O) groups is 2. The fraction of sp³-hybridized carbons (Fsp3) is 0.500. The number of esters is 2. The summed E-state index contributed by atoms with van der Waals surface area (Å²) in [5, 5.41) is 9.90. The van der Waals surface area contributed by atoms with Crippen molar-refractivity contribution in [2.24, 2.45) is 0 Å². The van der Waals surface area contributed by atoms with Crippen molar-refractivity contribution in [2.75, 3.05) is 13.2 Å². The van der Waals surface area contributed by atoms with Gasteiger partial charge in [-0.15, -0.1) is 0 Å². The van der Waals surface area contributed by atoms with Crippen molar-refractivity contribution < 1.29 is 24.3 Å². The predicted octanol–water partition coefficient (Wildman–Crippen LogP) is 1.70. The summed E-state index contributed by atoms with van der Waals surface area (Å²) in [7, 11) is 0. The minimum Gasteiger partial charge on any atom is -0.461 e. The summed E-state index contributed by atoms with van der Waals surface area (Å²) < 4.78 is 10.2. The minimum absolute atomic E-state index is 0.0441. The summed E-state index contributed by atoms with van der Waals surface area (Å²) in [6, 6.07) is 0. The second-order valence-electron chi connectivity index (χ2n) is 3.70. The Balaban J connectivity index is 3.28. The van der Waals surface area contributed by atoms with Gasteiger partial charge < -0.3 is 14.7 Å². The third-order valence-electron chi connectivity index (χ3n) is 2.63. The number of nitrogens with zero attached hydrogens (tertiary/aromatic N) is 1. The van der Waals surface area contributed by atoms with E-state index in [0.29, 0.717) is 15.9 Å². The van der Waals surface area contributed by atoms with Gasteiger partial charge >= 0.3 is 11.9 Å². The van der Waals surface area contributed by atoms with Gasteiger partial charge in [0.15, 0.2) is 11.4 Å². The topological polar surface area (TPSA) is 77.8 Å². The highest BCUT2D eigenvalue weighted by Crippen LogP contribution is 2.22. The van der Waals surface area contributed by atoms with Crippen LogP contribution in [0.4, 0.5) is 0 Å². The van der Waals surface area contributed by atoms with Crippen molar-refractivity contribution in [3.05, 3.63) is 22.5 Å². The average Bonchev–Trinajstić information content (AvgIpc) is 2.51. The predicted molar refractivity (Wildman–Crippen MR) is 63.0 cm³/mol. The maximum Gasteiger partial charge on any atom is 0.358 e. The van der Waals surface area contributed by atoms with Crippen LogP contribution in [-0.4, -0.2) is 35.1 Å². The van der Waals surface area contributed by atoms with E-state index in [9.17, 15) is 14.8 Å². The summed E-state index contributed by atoms with van der Waals surface area (Å²) in [4.78, 5) is 23.4. The van der Waals surface area contributed by atoms with Gasteiger partial charge in [0, 0.05) is 0 Å². The SMILES string of the molecule is CCOC(=O)c1c(C)c(C)c(C(=O)OCC)n1O. The van der Waals surface area contributed by atoms with Crippen molar-refractivity contribution in [2.45, 2.75) is 27.7 Å². The van der Waals surface area contributed by atoms with Crippen LogP contribution in [-0.2, 0) is 9.47 Å². The minimum atomic E-state index is -0.670. The molecule has 18 heavy (non-hydrogen) atoms. The Morgan fingerprint density at radius 3 is 1.61 bits per heavy atom. The fourth-order valence-corrected chi connectivity index (χ4v) is 1.66. The Morgan fingerprint density at radius 1 is 1.00 bits per heavy atom. The molecule has 1 aromatic heterocycles. The molecule has 0 bridgehead atoms. The molecule has 0 amide bonds. The van der Waals surface area contributed by atoms with E-state index in [0.717, 1.165) is 0 Å². The molecule has 0 saturated carbocycles. The zero-order chi connectivity index (χ0) is 13.9. The van der Waals surface area contributed by atoms with Gasteiger partial charge in [-0.1, -0.05) is 0 Å². The van der Waals surface area contributed by atoms with Crippen molar-refractivity contribution in [3.63, 3.8) is 0 Å². The van der Waals surface area contributed by atoms with E-state index in [1.54, 1.807) is 27.7 Å². The van der Waals surface area contributed by atoms with E-state index in [-0.39, 0.29) is 24.6 Å². The highest BCUT2D eigenvalue weighted by atomic mass is 16.5. The maximum absolute atomic E-state index is 11.7. The van der Waals surface area contributed by atoms with Gasteiger partial charge in [0.25, 0.3) is 0 Å². The monoisotopic (exact) mass is 255 g/mol. The van der Waals surface area contributed by atoms with Crippen molar-refractivity contribution in [1.82, 2.24) is 4.73 Å². The van der Waals surface area contributed by atoms with Gasteiger partial charge in [-0.2, -0.15) is 4.73 Å². The number of aromatic nitrogens is 1. The molecular formula is C12H17NO5. The molecule has 0 aromatic carbocycles. The number of ether oxygens (including phenoxy) is 2. The number of carbonyl (C=O) groups excluding carboxylic acids is 2. The second-order valence-corrected chi connectivity index (χ2v) is 3.70. The average molecular weight is 255 g/mol. The van der Waals surface area contributed by atoms with Gasteiger partial charge in [0.05, 0.1) is 13.2 Å². The summed E-state index contributed by atoms with van der Waals surface area (Å²) in [5.41, 5.74) is 0.910. The van der Waals surface area contributed by atoms with E-state index in [1.165, 1.54) is 0 Å². The summed E-state index contributed by atoms with van der Waals surface area (Å²) in [6.45, 7) is 6.98. The number of hydrogen-bond acceptors (Lipinski definition) is 5. The molecule has 0 aliphatic heterocycles. The first-order chi connectivity index (χ1) is 8.45. The van der Waals surface area contributed by atoms with E-state index in [4.69, 9.17) is 9.47 Å². The van der Waals surface area contributed by atoms with Crippen LogP contribution in [0.5, 0.6) is 0 Å². The fourth-order valence-electron chi connectivity index (χ4n) is 1.66. The Bertz CT molecular complexity index is 434. The third kappa shape index (κ3) is 2.32. The van der Waals surface area contributed by atoms with Crippen LogP contribution in [0.25, 0.3) is 0 Å². The maximum atomic E-state index is 11.7. The zero-order valence-corrected chi connectivity index (χ0v) is 10.9. The molecule has 0 aliphatic carbocycles. The quantitative estimate of drug-likeness (QED) is 0.654. The summed E-state index contributed by atoms with van der Waals surface area (Å²) in [5.74, 6) is -1.34. The first-order valence-corrected chi connectivity index (χ1v) is 5.71. The molecule has 1 aromatic rings. The van der Waals surface area contributed by atoms with Gasteiger partial charge in [-0.05, 0) is 38.8 Å². The standard InChI is InChI=1S/C12H17NO5/c1-5-17-11(14)9-7(3)8(4)10(13(9)16)12(15)18-6-2/h16H,5-6H2,1-4H3. The third-order valence-corrected chi connectivity index (χ3v) is 2.63. The Hall–Kier alpha value is -1.98. The molecular weight excluding hydrogens is 238 g/mol. The molecule has 0 spiro atoms. The Kier molecular flexibility index (Phi) is 4.36. The van der Waals surface area contributed by atoms with Gasteiger partial charge in [0.2, 0.25) is 0 Å². The molecule has 0 atom stereocenters. The molecule has 0 aliphatic rings. The van der Waals surface area contributed by atoms with Crippen molar-refractivity contribution >= 4 is 11.9 Å². The first-order valence-electron chi connectivity index (χ1n) is 5.71. The van der Waals surface area contributed by atoms with Crippen LogP contribution in [0, 0.1) is 13.8 Å². The molecule has 0 fully saturated rings. The molecule has 6 heteroatoms. The number of rotatable bonds is 4. The lowest BCUT2D eigenvalue weighted by Gasteiger charge is -2.05. The van der Waals surface area contributed by atoms with E-state index in [1.807, 2.05) is 0 Å². The molecule has 0 unspecified atom stereocenters. The molecule has 100 valence electrons.